The van der Waals surface area contributed by atoms with Gasteiger partial charge in [-0.05, 0) is 30.9 Å². The first kappa shape index (κ1) is 14.4. The Hall–Kier alpha value is -2.21. The minimum atomic E-state index is -0.315. The fourth-order valence-electron chi connectivity index (χ4n) is 3.00. The molecule has 0 aliphatic carbocycles. The van der Waals surface area contributed by atoms with E-state index in [0.717, 1.165) is 39.4 Å². The van der Waals surface area contributed by atoms with Crippen LogP contribution in [-0.4, -0.2) is 16.6 Å². The standard InChI is InChI=1S/C17H16FN3OS/c1-9-8-23-17-14(9)16(19-10(2)20-17)21-13-6-7-22-15-11(13)4-3-5-12(15)18/h3-5,8,13H,6-7H2,1-2H3,(H,19,20,21)/t13-/m0/s1. The molecule has 1 aromatic carbocycles. The lowest BCUT2D eigenvalue weighted by Crippen LogP contribution is -2.22. The molecule has 4 nitrogen and oxygen atoms in total. The highest BCUT2D eigenvalue weighted by Crippen LogP contribution is 2.38. The third kappa shape index (κ3) is 2.43. The van der Waals surface area contributed by atoms with E-state index in [0.29, 0.717) is 12.4 Å². The number of nitrogens with one attached hydrogen (secondary N) is 1. The Morgan fingerprint density at radius 3 is 3.04 bits per heavy atom. The second-order valence-electron chi connectivity index (χ2n) is 5.71. The SMILES string of the molecule is Cc1nc(N[C@H]2CCOc3c(F)cccc32)c2c(C)csc2n1. The van der Waals surface area contributed by atoms with Gasteiger partial charge in [-0.3, -0.25) is 0 Å². The summed E-state index contributed by atoms with van der Waals surface area (Å²) in [6.07, 6.45) is 0.768. The molecule has 0 saturated carbocycles. The van der Waals surface area contributed by atoms with Gasteiger partial charge in [-0.25, -0.2) is 14.4 Å². The molecule has 0 amide bonds. The van der Waals surface area contributed by atoms with E-state index < -0.39 is 0 Å². The molecule has 0 unspecified atom stereocenters. The van der Waals surface area contributed by atoms with Crippen LogP contribution in [0.3, 0.4) is 0 Å². The molecule has 4 rings (SSSR count). The van der Waals surface area contributed by atoms with Crippen LogP contribution in [0.15, 0.2) is 23.6 Å². The van der Waals surface area contributed by atoms with Crippen molar-refractivity contribution in [3.05, 3.63) is 46.3 Å². The van der Waals surface area contributed by atoms with Crippen LogP contribution >= 0.6 is 11.3 Å². The second-order valence-corrected chi connectivity index (χ2v) is 6.57. The fraction of sp³-hybridized carbons (Fsp3) is 0.294. The van der Waals surface area contributed by atoms with E-state index in [1.165, 1.54) is 6.07 Å². The van der Waals surface area contributed by atoms with Crippen molar-refractivity contribution < 1.29 is 9.13 Å². The summed E-state index contributed by atoms with van der Waals surface area (Å²) < 4.78 is 19.4. The molecule has 23 heavy (non-hydrogen) atoms. The van der Waals surface area contributed by atoms with Crippen LogP contribution in [0.1, 0.15) is 29.4 Å². The predicted octanol–water partition coefficient (Wildman–Crippen LogP) is 4.38. The van der Waals surface area contributed by atoms with Crippen molar-refractivity contribution in [3.8, 4) is 5.75 Å². The van der Waals surface area contributed by atoms with Crippen molar-refractivity contribution in [1.82, 2.24) is 9.97 Å². The molecule has 118 valence electrons. The number of benzene rings is 1. The van der Waals surface area contributed by atoms with Gasteiger partial charge in [0.25, 0.3) is 0 Å². The van der Waals surface area contributed by atoms with Crippen LogP contribution in [0.5, 0.6) is 5.75 Å². The van der Waals surface area contributed by atoms with Crippen LogP contribution in [-0.2, 0) is 0 Å². The molecule has 0 radical (unpaired) electrons. The van der Waals surface area contributed by atoms with Crippen molar-refractivity contribution in [1.29, 1.82) is 0 Å². The Bertz CT molecular complexity index is 893. The number of anilines is 1. The van der Waals surface area contributed by atoms with Gasteiger partial charge < -0.3 is 10.1 Å². The topological polar surface area (TPSA) is 47.0 Å². The highest BCUT2D eigenvalue weighted by atomic mass is 32.1. The van der Waals surface area contributed by atoms with Crippen molar-refractivity contribution in [3.63, 3.8) is 0 Å². The van der Waals surface area contributed by atoms with E-state index in [1.807, 2.05) is 13.0 Å². The van der Waals surface area contributed by atoms with Gasteiger partial charge in [-0.15, -0.1) is 11.3 Å². The molecule has 0 fully saturated rings. The zero-order valence-corrected chi connectivity index (χ0v) is 13.7. The second kappa shape index (κ2) is 5.45. The van der Waals surface area contributed by atoms with Crippen molar-refractivity contribution in [2.75, 3.05) is 11.9 Å². The Balaban J connectivity index is 1.78. The van der Waals surface area contributed by atoms with Crippen LogP contribution < -0.4 is 10.1 Å². The number of thiophene rings is 1. The minimum Gasteiger partial charge on any atom is -0.490 e. The van der Waals surface area contributed by atoms with E-state index in [9.17, 15) is 4.39 Å². The van der Waals surface area contributed by atoms with E-state index >= 15 is 0 Å². The summed E-state index contributed by atoms with van der Waals surface area (Å²) in [5.74, 6) is 1.58. The number of halogens is 1. The summed E-state index contributed by atoms with van der Waals surface area (Å²) in [5, 5.41) is 6.62. The number of nitrogens with zero attached hydrogens (tertiary/aromatic N) is 2. The van der Waals surface area contributed by atoms with Gasteiger partial charge in [0.15, 0.2) is 11.6 Å². The molecular weight excluding hydrogens is 313 g/mol. The lowest BCUT2D eigenvalue weighted by atomic mass is 10.00. The van der Waals surface area contributed by atoms with Crippen molar-refractivity contribution >= 4 is 27.4 Å². The summed E-state index contributed by atoms with van der Waals surface area (Å²) in [5.41, 5.74) is 1.99. The Morgan fingerprint density at radius 1 is 1.30 bits per heavy atom. The molecule has 0 bridgehead atoms. The summed E-state index contributed by atoms with van der Waals surface area (Å²) in [6.45, 7) is 4.43. The molecule has 6 heteroatoms. The van der Waals surface area contributed by atoms with Crippen LogP contribution in [0.2, 0.25) is 0 Å². The average molecular weight is 329 g/mol. The first-order valence-corrected chi connectivity index (χ1v) is 8.41. The van der Waals surface area contributed by atoms with Gasteiger partial charge in [0.05, 0.1) is 18.0 Å². The van der Waals surface area contributed by atoms with Gasteiger partial charge in [0.2, 0.25) is 0 Å². The first-order chi connectivity index (χ1) is 11.1. The molecule has 1 aliphatic heterocycles. The number of para-hydroxylation sites is 1. The van der Waals surface area contributed by atoms with Crippen molar-refractivity contribution in [2.24, 2.45) is 0 Å². The number of rotatable bonds is 2. The molecule has 3 aromatic rings. The molecule has 1 atom stereocenters. The summed E-state index contributed by atoms with van der Waals surface area (Å²) in [7, 11) is 0. The minimum absolute atomic E-state index is 0.0220. The predicted molar refractivity (Wildman–Crippen MR) is 89.8 cm³/mol. The maximum absolute atomic E-state index is 13.9. The zero-order chi connectivity index (χ0) is 16.0. The monoisotopic (exact) mass is 329 g/mol. The Kier molecular flexibility index (Phi) is 3.41. The summed E-state index contributed by atoms with van der Waals surface area (Å²) in [4.78, 5) is 10.0. The smallest absolute Gasteiger partial charge is 0.165 e. The number of hydrogen-bond acceptors (Lipinski definition) is 5. The number of aryl methyl sites for hydroxylation is 2. The lowest BCUT2D eigenvalue weighted by Gasteiger charge is -2.27. The number of aromatic nitrogens is 2. The summed E-state index contributed by atoms with van der Waals surface area (Å²) >= 11 is 1.62. The molecule has 3 heterocycles. The van der Waals surface area contributed by atoms with Crippen LogP contribution in [0, 0.1) is 19.7 Å². The third-order valence-corrected chi connectivity index (χ3v) is 5.06. The summed E-state index contributed by atoms with van der Waals surface area (Å²) in [6, 6.07) is 5.03. The lowest BCUT2D eigenvalue weighted by molar-refractivity contribution is 0.260. The Morgan fingerprint density at radius 2 is 2.17 bits per heavy atom. The first-order valence-electron chi connectivity index (χ1n) is 7.53. The molecule has 2 aromatic heterocycles. The van der Waals surface area contributed by atoms with E-state index in [4.69, 9.17) is 4.74 Å². The highest BCUT2D eigenvalue weighted by Gasteiger charge is 2.25. The van der Waals surface area contributed by atoms with Crippen LogP contribution in [0.25, 0.3) is 10.2 Å². The maximum Gasteiger partial charge on any atom is 0.165 e. The molecule has 0 saturated heterocycles. The number of fused-ring (bicyclic) bond motifs is 2. The van der Waals surface area contributed by atoms with Gasteiger partial charge in [-0.1, -0.05) is 12.1 Å². The van der Waals surface area contributed by atoms with Crippen LogP contribution in [0.4, 0.5) is 10.2 Å². The molecule has 1 N–H and O–H groups in total. The van der Waals surface area contributed by atoms with Gasteiger partial charge in [-0.2, -0.15) is 0 Å². The fourth-order valence-corrected chi connectivity index (χ4v) is 3.96. The van der Waals surface area contributed by atoms with E-state index in [2.05, 4.69) is 27.6 Å². The zero-order valence-electron chi connectivity index (χ0n) is 12.9. The third-order valence-electron chi connectivity index (χ3n) is 4.07. The maximum atomic E-state index is 13.9. The highest BCUT2D eigenvalue weighted by molar-refractivity contribution is 7.17. The van der Waals surface area contributed by atoms with E-state index in [1.54, 1.807) is 17.4 Å². The molecule has 1 aliphatic rings. The normalized spacial score (nSPS) is 16.9. The number of hydrogen-bond donors (Lipinski definition) is 1. The number of ether oxygens (including phenoxy) is 1. The van der Waals surface area contributed by atoms with Gasteiger partial charge in [0.1, 0.15) is 16.5 Å². The van der Waals surface area contributed by atoms with Gasteiger partial charge in [0, 0.05) is 12.0 Å². The van der Waals surface area contributed by atoms with Crippen molar-refractivity contribution in [2.45, 2.75) is 26.3 Å². The average Bonchev–Trinajstić information content (AvgIpc) is 2.89. The van der Waals surface area contributed by atoms with Gasteiger partial charge >= 0.3 is 0 Å². The molecule has 0 spiro atoms. The molecular formula is C17H16FN3OS. The van der Waals surface area contributed by atoms with E-state index in [-0.39, 0.29) is 11.9 Å². The quantitative estimate of drug-likeness (QED) is 0.758. The Labute approximate surface area is 137 Å². The largest absolute Gasteiger partial charge is 0.490 e.